The van der Waals surface area contributed by atoms with E-state index in [0.717, 1.165) is 47.4 Å². The van der Waals surface area contributed by atoms with Gasteiger partial charge in [-0.3, -0.25) is 10.1 Å². The first-order valence-electron chi connectivity index (χ1n) is 13.5. The monoisotopic (exact) mass is 534 g/mol. The zero-order chi connectivity index (χ0) is 27.1. The fourth-order valence-electron chi connectivity index (χ4n) is 5.58. The lowest BCUT2D eigenvalue weighted by Gasteiger charge is -2.11. The second-order valence-corrected chi connectivity index (χ2v) is 10.4. The molecule has 0 radical (unpaired) electrons. The van der Waals surface area contributed by atoms with Gasteiger partial charge in [0.2, 0.25) is 0 Å². The highest BCUT2D eigenvalue weighted by atomic mass is 19.1. The highest BCUT2D eigenvalue weighted by Gasteiger charge is 2.18. The molecule has 1 fully saturated rings. The number of benzene rings is 1. The maximum Gasteiger partial charge on any atom is 0.178 e. The Kier molecular flexibility index (Phi) is 6.16. The summed E-state index contributed by atoms with van der Waals surface area (Å²) >= 11 is 0. The van der Waals surface area contributed by atoms with Gasteiger partial charge in [0, 0.05) is 42.3 Å². The third-order valence-electron chi connectivity index (χ3n) is 7.55. The number of nitrogens with zero attached hydrogens (tertiary/aromatic N) is 5. The van der Waals surface area contributed by atoms with Crippen molar-refractivity contribution in [1.29, 1.82) is 0 Å². The lowest BCUT2D eigenvalue weighted by molar-refractivity contribution is 0.469. The van der Waals surface area contributed by atoms with E-state index < -0.39 is 5.82 Å². The topological polar surface area (TPSA) is 128 Å². The van der Waals surface area contributed by atoms with Crippen LogP contribution in [0.3, 0.4) is 0 Å². The fraction of sp³-hybridized carbons (Fsp3) is 0.233. The zero-order valence-corrected chi connectivity index (χ0v) is 21.7. The Morgan fingerprint density at radius 2 is 1.90 bits per heavy atom. The number of hydrogen-bond acceptors (Lipinski definition) is 7. The summed E-state index contributed by atoms with van der Waals surface area (Å²) in [5, 5.41) is 21.0. The molecule has 1 aliphatic rings. The van der Waals surface area contributed by atoms with Crippen molar-refractivity contribution in [2.24, 2.45) is 5.92 Å². The molecule has 9 nitrogen and oxygen atoms in total. The van der Waals surface area contributed by atoms with Gasteiger partial charge in [-0.05, 0) is 72.8 Å². The van der Waals surface area contributed by atoms with Crippen molar-refractivity contribution in [3.8, 4) is 39.7 Å². The number of fused-ring (bicyclic) bond motifs is 2. The van der Waals surface area contributed by atoms with Crippen LogP contribution in [0.25, 0.3) is 56.1 Å². The van der Waals surface area contributed by atoms with Crippen LogP contribution in [0, 0.1) is 11.7 Å². The number of aromatic hydroxyl groups is 1. The molecule has 5 heterocycles. The number of aromatic amines is 2. The lowest BCUT2D eigenvalue weighted by Crippen LogP contribution is -2.20. The number of phenolic OH excluding ortho intramolecular Hbond substituents is 1. The van der Waals surface area contributed by atoms with E-state index >= 15 is 0 Å². The molecule has 7 rings (SSSR count). The highest BCUT2D eigenvalue weighted by molar-refractivity contribution is 5.95. The van der Waals surface area contributed by atoms with Crippen molar-refractivity contribution >= 4 is 22.2 Å². The largest absolute Gasteiger partial charge is 0.508 e. The van der Waals surface area contributed by atoms with Gasteiger partial charge < -0.3 is 15.4 Å². The molecule has 6 aromatic rings. The Morgan fingerprint density at radius 1 is 1.00 bits per heavy atom. The van der Waals surface area contributed by atoms with Crippen molar-refractivity contribution in [2.45, 2.75) is 32.2 Å². The van der Waals surface area contributed by atoms with Gasteiger partial charge >= 0.3 is 0 Å². The van der Waals surface area contributed by atoms with E-state index in [1.807, 2.05) is 24.5 Å². The molecule has 40 heavy (non-hydrogen) atoms. The van der Waals surface area contributed by atoms with E-state index in [0.29, 0.717) is 39.3 Å². The number of hydrogen-bond donors (Lipinski definition) is 4. The standard InChI is InChI=1S/C30H27FN8O/c31-21-10-19(11-22(40)12-21)23-7-8-34-29-26(23)36-30(37-29)28-27-25(38-39-28)6-5-24(35-27)20-9-18(15-33-16-20)14-32-13-17-3-1-2-4-17/h5-12,15-17,32,40H,1-4,13-14H2,(H,38,39)(H,34,36,37). The van der Waals surface area contributed by atoms with Gasteiger partial charge in [0.05, 0.1) is 16.7 Å². The first kappa shape index (κ1) is 24.3. The van der Waals surface area contributed by atoms with Crippen molar-refractivity contribution in [1.82, 2.24) is 40.4 Å². The van der Waals surface area contributed by atoms with Crippen LogP contribution in [0.4, 0.5) is 4.39 Å². The van der Waals surface area contributed by atoms with Crippen molar-refractivity contribution in [3.05, 3.63) is 72.4 Å². The lowest BCUT2D eigenvalue weighted by atomic mass is 10.1. The third kappa shape index (κ3) is 4.66. The number of pyridine rings is 3. The molecule has 0 aliphatic heterocycles. The van der Waals surface area contributed by atoms with E-state index in [1.54, 1.807) is 12.3 Å². The summed E-state index contributed by atoms with van der Waals surface area (Å²) in [6.07, 6.45) is 10.6. The number of phenols is 1. The molecule has 0 bridgehead atoms. The molecule has 1 aromatic carbocycles. The van der Waals surface area contributed by atoms with Crippen LogP contribution < -0.4 is 5.32 Å². The summed E-state index contributed by atoms with van der Waals surface area (Å²) in [7, 11) is 0. The van der Waals surface area contributed by atoms with Crippen LogP contribution in [0.15, 0.2) is 61.1 Å². The van der Waals surface area contributed by atoms with Gasteiger partial charge in [-0.1, -0.05) is 12.8 Å². The van der Waals surface area contributed by atoms with Gasteiger partial charge in [-0.15, -0.1) is 0 Å². The summed E-state index contributed by atoms with van der Waals surface area (Å²) in [5.41, 5.74) is 7.03. The maximum absolute atomic E-state index is 14.0. The second-order valence-electron chi connectivity index (χ2n) is 10.4. The van der Waals surface area contributed by atoms with Crippen LogP contribution in [-0.2, 0) is 6.54 Å². The number of halogens is 1. The van der Waals surface area contributed by atoms with E-state index in [9.17, 15) is 9.50 Å². The minimum Gasteiger partial charge on any atom is -0.508 e. The molecular formula is C30H27FN8O. The molecule has 0 saturated heterocycles. The molecule has 1 aliphatic carbocycles. The minimum atomic E-state index is -0.530. The van der Waals surface area contributed by atoms with Crippen LogP contribution >= 0.6 is 0 Å². The smallest absolute Gasteiger partial charge is 0.178 e. The molecule has 0 amide bonds. The van der Waals surface area contributed by atoms with Crippen molar-refractivity contribution in [3.63, 3.8) is 0 Å². The molecular weight excluding hydrogens is 507 g/mol. The van der Waals surface area contributed by atoms with Crippen LogP contribution in [0.2, 0.25) is 0 Å². The Labute approximate surface area is 229 Å². The van der Waals surface area contributed by atoms with Gasteiger partial charge in [-0.2, -0.15) is 5.10 Å². The van der Waals surface area contributed by atoms with E-state index in [1.165, 1.54) is 37.8 Å². The average molecular weight is 535 g/mol. The zero-order valence-electron chi connectivity index (χ0n) is 21.7. The van der Waals surface area contributed by atoms with E-state index in [2.05, 4.69) is 41.5 Å². The van der Waals surface area contributed by atoms with Gasteiger partial charge in [0.25, 0.3) is 0 Å². The quantitative estimate of drug-likeness (QED) is 0.205. The normalized spacial score (nSPS) is 14.0. The van der Waals surface area contributed by atoms with Crippen LogP contribution in [-0.4, -0.2) is 46.8 Å². The Morgan fingerprint density at radius 3 is 2.77 bits per heavy atom. The summed E-state index contributed by atoms with van der Waals surface area (Å²) in [6.45, 7) is 1.81. The number of nitrogens with one attached hydrogen (secondary N) is 3. The molecule has 200 valence electrons. The second kappa shape index (κ2) is 10.1. The molecule has 5 aromatic heterocycles. The fourth-order valence-corrected chi connectivity index (χ4v) is 5.58. The SMILES string of the molecule is Oc1cc(F)cc(-c2ccnc3nc(-c4n[nH]c5ccc(-c6cncc(CNCC7CCCC7)c6)nc45)[nH]c23)c1. The predicted molar refractivity (Wildman–Crippen MR) is 151 cm³/mol. The number of aromatic nitrogens is 7. The molecule has 0 atom stereocenters. The Hall–Kier alpha value is -4.70. The Balaban J connectivity index is 1.21. The van der Waals surface area contributed by atoms with Crippen molar-refractivity contribution in [2.75, 3.05) is 6.54 Å². The molecule has 10 heteroatoms. The van der Waals surface area contributed by atoms with Gasteiger partial charge in [-0.25, -0.2) is 19.3 Å². The molecule has 1 saturated carbocycles. The highest BCUT2D eigenvalue weighted by Crippen LogP contribution is 2.32. The summed E-state index contributed by atoms with van der Waals surface area (Å²) < 4.78 is 14.0. The summed E-state index contributed by atoms with van der Waals surface area (Å²) in [6, 6.07) is 11.7. The maximum atomic E-state index is 14.0. The van der Waals surface area contributed by atoms with Crippen molar-refractivity contribution < 1.29 is 9.50 Å². The predicted octanol–water partition coefficient (Wildman–Crippen LogP) is 5.75. The molecule has 0 unspecified atom stereocenters. The average Bonchev–Trinajstić information content (AvgIpc) is 3.71. The first-order chi connectivity index (χ1) is 19.6. The first-order valence-corrected chi connectivity index (χ1v) is 13.5. The van der Waals surface area contributed by atoms with E-state index in [4.69, 9.17) is 4.98 Å². The van der Waals surface area contributed by atoms with Gasteiger partial charge in [0.1, 0.15) is 17.1 Å². The third-order valence-corrected chi connectivity index (χ3v) is 7.55. The van der Waals surface area contributed by atoms with Gasteiger partial charge in [0.15, 0.2) is 17.2 Å². The number of rotatable bonds is 7. The summed E-state index contributed by atoms with van der Waals surface area (Å²) in [5.74, 6) is 0.579. The van der Waals surface area contributed by atoms with Crippen LogP contribution in [0.1, 0.15) is 31.2 Å². The summed E-state index contributed by atoms with van der Waals surface area (Å²) in [4.78, 5) is 21.7. The Bertz CT molecular complexity index is 1820. The van der Waals surface area contributed by atoms with Crippen LogP contribution in [0.5, 0.6) is 5.75 Å². The van der Waals surface area contributed by atoms with E-state index in [-0.39, 0.29) is 5.75 Å². The molecule has 4 N–H and O–H groups in total. The number of H-pyrrole nitrogens is 2. The molecule has 0 spiro atoms. The number of imidazole rings is 1. The minimum absolute atomic E-state index is 0.155.